The van der Waals surface area contributed by atoms with Gasteiger partial charge in [-0.25, -0.2) is 4.98 Å². The van der Waals surface area contributed by atoms with Gasteiger partial charge in [0.25, 0.3) is 0 Å². The van der Waals surface area contributed by atoms with E-state index in [-0.39, 0.29) is 19.1 Å². The average molecular weight is 345 g/mol. The normalized spacial score (nSPS) is 10.8. The van der Waals surface area contributed by atoms with E-state index in [4.69, 9.17) is 21.1 Å². The van der Waals surface area contributed by atoms with Crippen LogP contribution in [0.25, 0.3) is 11.0 Å². The fourth-order valence-corrected chi connectivity index (χ4v) is 2.78. The number of rotatable bonds is 5. The Kier molecular flexibility index (Phi) is 4.71. The molecule has 0 aliphatic rings. The summed E-state index contributed by atoms with van der Waals surface area (Å²) in [5.74, 6) is 1.06. The highest BCUT2D eigenvalue weighted by atomic mass is 35.5. The number of nitrogens with zero attached hydrogens (tertiary/aromatic N) is 2. The van der Waals surface area contributed by atoms with Crippen LogP contribution < -0.4 is 4.74 Å². The molecule has 0 atom stereocenters. The van der Waals surface area contributed by atoms with E-state index >= 15 is 0 Å². The van der Waals surface area contributed by atoms with Crippen molar-refractivity contribution in [2.24, 2.45) is 0 Å². The number of imidazole rings is 1. The molecule has 0 aliphatic heterocycles. The minimum Gasteiger partial charge on any atom is -0.496 e. The molecule has 1 aromatic heterocycles. The second-order valence-electron chi connectivity index (χ2n) is 5.35. The summed E-state index contributed by atoms with van der Waals surface area (Å²) in [5, 5.41) is 0.568. The first-order chi connectivity index (χ1) is 11.6. The molecule has 0 fully saturated rings. The molecule has 24 heavy (non-hydrogen) atoms. The molecule has 6 heteroatoms. The lowest BCUT2D eigenvalue weighted by molar-refractivity contribution is -0.145. The Morgan fingerprint density at radius 1 is 1.25 bits per heavy atom. The van der Waals surface area contributed by atoms with Gasteiger partial charge in [-0.15, -0.1) is 0 Å². The summed E-state index contributed by atoms with van der Waals surface area (Å²) < 4.78 is 12.5. The fraction of sp³-hybridized carbons (Fsp3) is 0.222. The molecule has 0 saturated carbocycles. The van der Waals surface area contributed by atoms with Gasteiger partial charge < -0.3 is 14.0 Å². The third-order valence-electron chi connectivity index (χ3n) is 3.76. The number of fused-ring (bicyclic) bond motifs is 1. The van der Waals surface area contributed by atoms with Crippen LogP contribution in [0.4, 0.5) is 0 Å². The van der Waals surface area contributed by atoms with Gasteiger partial charge in [0.1, 0.15) is 24.7 Å². The molecule has 2 aromatic carbocycles. The number of aryl methyl sites for hydroxylation is 1. The van der Waals surface area contributed by atoms with Crippen LogP contribution in [-0.4, -0.2) is 22.6 Å². The van der Waals surface area contributed by atoms with Crippen molar-refractivity contribution in [2.75, 3.05) is 7.11 Å². The van der Waals surface area contributed by atoms with Crippen LogP contribution in [0.3, 0.4) is 0 Å². The van der Waals surface area contributed by atoms with E-state index in [0.29, 0.717) is 10.8 Å². The second kappa shape index (κ2) is 6.93. The zero-order chi connectivity index (χ0) is 17.1. The summed E-state index contributed by atoms with van der Waals surface area (Å²) in [6.07, 6.45) is 0. The summed E-state index contributed by atoms with van der Waals surface area (Å²) in [4.78, 5) is 16.7. The van der Waals surface area contributed by atoms with Crippen molar-refractivity contribution in [3.8, 4) is 5.75 Å². The first-order valence-electron chi connectivity index (χ1n) is 7.48. The van der Waals surface area contributed by atoms with Crippen molar-refractivity contribution < 1.29 is 14.3 Å². The van der Waals surface area contributed by atoms with Gasteiger partial charge >= 0.3 is 5.97 Å². The number of methoxy groups -OCH3 is 1. The van der Waals surface area contributed by atoms with Crippen molar-refractivity contribution in [1.29, 1.82) is 0 Å². The van der Waals surface area contributed by atoms with Crippen LogP contribution >= 0.6 is 11.6 Å². The summed E-state index contributed by atoms with van der Waals surface area (Å²) in [5.41, 5.74) is 2.50. The third kappa shape index (κ3) is 3.36. The van der Waals surface area contributed by atoms with Gasteiger partial charge in [0.15, 0.2) is 0 Å². The number of para-hydroxylation sites is 2. The Bertz CT molecular complexity index is 889. The molecule has 0 radical (unpaired) electrons. The topological polar surface area (TPSA) is 53.4 Å². The SMILES string of the molecule is COc1ccc(Cl)cc1COC(=O)Cn1c(C)nc2ccccc21. The highest BCUT2D eigenvalue weighted by Gasteiger charge is 2.13. The molecule has 0 amide bonds. The summed E-state index contributed by atoms with van der Waals surface area (Å²) in [6.45, 7) is 2.08. The Labute approximate surface area is 144 Å². The average Bonchev–Trinajstić information content (AvgIpc) is 2.89. The molecule has 3 aromatic rings. The minimum atomic E-state index is -0.344. The van der Waals surface area contributed by atoms with Crippen molar-refractivity contribution in [3.05, 3.63) is 58.9 Å². The van der Waals surface area contributed by atoms with Crippen LogP contribution in [0.2, 0.25) is 5.02 Å². The Hall–Kier alpha value is -2.53. The number of hydrogen-bond acceptors (Lipinski definition) is 4. The lowest BCUT2D eigenvalue weighted by atomic mass is 10.2. The van der Waals surface area contributed by atoms with Gasteiger partial charge in [0, 0.05) is 10.6 Å². The van der Waals surface area contributed by atoms with E-state index in [2.05, 4.69) is 4.98 Å². The minimum absolute atomic E-state index is 0.105. The largest absolute Gasteiger partial charge is 0.496 e. The van der Waals surface area contributed by atoms with Crippen molar-refractivity contribution >= 4 is 28.6 Å². The van der Waals surface area contributed by atoms with E-state index in [1.54, 1.807) is 25.3 Å². The predicted octanol–water partition coefficient (Wildman–Crippen LogP) is 3.75. The zero-order valence-electron chi connectivity index (χ0n) is 13.5. The number of carbonyl (C=O) groups excluding carboxylic acids is 1. The maximum absolute atomic E-state index is 12.2. The predicted molar refractivity (Wildman–Crippen MR) is 92.3 cm³/mol. The van der Waals surface area contributed by atoms with Crippen molar-refractivity contribution in [3.63, 3.8) is 0 Å². The monoisotopic (exact) mass is 344 g/mol. The molecule has 0 unspecified atom stereocenters. The fourth-order valence-electron chi connectivity index (χ4n) is 2.59. The number of ether oxygens (including phenoxy) is 2. The summed E-state index contributed by atoms with van der Waals surface area (Å²) >= 11 is 5.98. The quantitative estimate of drug-likeness (QED) is 0.661. The first kappa shape index (κ1) is 16.3. The molecule has 0 spiro atoms. The standard InChI is InChI=1S/C18H17ClN2O3/c1-12-20-15-5-3-4-6-16(15)21(12)10-18(22)24-11-13-9-14(19)7-8-17(13)23-2/h3-9H,10-11H2,1-2H3. The van der Waals surface area contributed by atoms with E-state index in [1.807, 2.05) is 35.8 Å². The zero-order valence-corrected chi connectivity index (χ0v) is 14.2. The van der Waals surface area contributed by atoms with E-state index in [1.165, 1.54) is 0 Å². The van der Waals surface area contributed by atoms with E-state index in [0.717, 1.165) is 22.4 Å². The van der Waals surface area contributed by atoms with Gasteiger partial charge in [-0.3, -0.25) is 4.79 Å². The van der Waals surface area contributed by atoms with Crippen molar-refractivity contribution in [2.45, 2.75) is 20.1 Å². The van der Waals surface area contributed by atoms with Crippen LogP contribution in [0, 0.1) is 6.92 Å². The molecular weight excluding hydrogens is 328 g/mol. The van der Waals surface area contributed by atoms with Crippen LogP contribution in [0.1, 0.15) is 11.4 Å². The highest BCUT2D eigenvalue weighted by Crippen LogP contribution is 2.23. The molecule has 0 N–H and O–H groups in total. The van der Waals surface area contributed by atoms with Crippen LogP contribution in [0.5, 0.6) is 5.75 Å². The van der Waals surface area contributed by atoms with Gasteiger partial charge in [-0.05, 0) is 37.3 Å². The third-order valence-corrected chi connectivity index (χ3v) is 4.00. The van der Waals surface area contributed by atoms with Crippen LogP contribution in [-0.2, 0) is 22.7 Å². The van der Waals surface area contributed by atoms with Crippen molar-refractivity contribution in [1.82, 2.24) is 9.55 Å². The highest BCUT2D eigenvalue weighted by molar-refractivity contribution is 6.30. The molecule has 3 rings (SSSR count). The number of hydrogen-bond donors (Lipinski definition) is 0. The number of halogens is 1. The van der Waals surface area contributed by atoms with E-state index < -0.39 is 0 Å². The molecule has 0 bridgehead atoms. The summed E-state index contributed by atoms with van der Waals surface area (Å²) in [6, 6.07) is 12.9. The smallest absolute Gasteiger partial charge is 0.326 e. The molecule has 124 valence electrons. The Balaban J connectivity index is 1.72. The van der Waals surface area contributed by atoms with Gasteiger partial charge in [-0.2, -0.15) is 0 Å². The molecule has 1 heterocycles. The molecule has 5 nitrogen and oxygen atoms in total. The Morgan fingerprint density at radius 2 is 2.04 bits per heavy atom. The van der Waals surface area contributed by atoms with E-state index in [9.17, 15) is 4.79 Å². The first-order valence-corrected chi connectivity index (χ1v) is 7.86. The molecule has 0 aliphatic carbocycles. The van der Waals surface area contributed by atoms with Gasteiger partial charge in [0.05, 0.1) is 18.1 Å². The number of aromatic nitrogens is 2. The lowest BCUT2D eigenvalue weighted by Crippen LogP contribution is -2.14. The number of esters is 1. The van der Waals surface area contributed by atoms with Gasteiger partial charge in [0.2, 0.25) is 0 Å². The maximum atomic E-state index is 12.2. The number of benzene rings is 2. The summed E-state index contributed by atoms with van der Waals surface area (Å²) in [7, 11) is 1.57. The Morgan fingerprint density at radius 3 is 2.83 bits per heavy atom. The molecule has 0 saturated heterocycles. The number of carbonyl (C=O) groups is 1. The van der Waals surface area contributed by atoms with Gasteiger partial charge in [-0.1, -0.05) is 23.7 Å². The maximum Gasteiger partial charge on any atom is 0.326 e. The molecular formula is C18H17ClN2O3. The second-order valence-corrected chi connectivity index (χ2v) is 5.79. The lowest BCUT2D eigenvalue weighted by Gasteiger charge is -2.11. The van der Waals surface area contributed by atoms with Crippen LogP contribution in [0.15, 0.2) is 42.5 Å².